The number of hydrogen-bond donors (Lipinski definition) is 1. The second kappa shape index (κ2) is 7.81. The maximum Gasteiger partial charge on any atom is 0.307 e. The summed E-state index contributed by atoms with van der Waals surface area (Å²) in [6.45, 7) is 2.76. The van der Waals surface area contributed by atoms with Crippen molar-refractivity contribution in [1.82, 2.24) is 9.88 Å². The summed E-state index contributed by atoms with van der Waals surface area (Å²) in [5.74, 6) is -0.0809. The maximum absolute atomic E-state index is 11.8. The topological polar surface area (TPSA) is 51.1 Å². The number of nitrogens with one attached hydrogen (secondary N) is 1. The first-order chi connectivity index (χ1) is 10.5. The molecule has 0 saturated carbocycles. The molecular formula is C15H16Cl2N2O2S. The zero-order valence-corrected chi connectivity index (χ0v) is 14.4. The van der Waals surface area contributed by atoms with Crippen LogP contribution in [-0.4, -0.2) is 17.0 Å². The molecule has 0 aliphatic carbocycles. The number of amides is 1. The van der Waals surface area contributed by atoms with Crippen LogP contribution >= 0.6 is 34.5 Å². The average Bonchev–Trinajstić information content (AvgIpc) is 2.78. The Balaban J connectivity index is 1.77. The second-order valence-electron chi connectivity index (χ2n) is 4.88. The van der Waals surface area contributed by atoms with Crippen molar-refractivity contribution in [2.75, 3.05) is 6.54 Å². The summed E-state index contributed by atoms with van der Waals surface area (Å²) in [5.41, 5.74) is 1.83. The summed E-state index contributed by atoms with van der Waals surface area (Å²) in [4.78, 5) is 23.3. The van der Waals surface area contributed by atoms with E-state index in [1.807, 2.05) is 13.0 Å². The molecule has 0 spiro atoms. The van der Waals surface area contributed by atoms with E-state index in [9.17, 15) is 9.59 Å². The van der Waals surface area contributed by atoms with Gasteiger partial charge in [0, 0.05) is 40.6 Å². The van der Waals surface area contributed by atoms with Crippen molar-refractivity contribution < 1.29 is 4.79 Å². The predicted molar refractivity (Wildman–Crippen MR) is 91.1 cm³/mol. The van der Waals surface area contributed by atoms with Gasteiger partial charge in [0.1, 0.15) is 0 Å². The predicted octanol–water partition coefficient (Wildman–Crippen LogP) is 3.27. The SMILES string of the molecule is Cc1csc(=O)n1CCC(=O)NCCc1ccc(Cl)cc1Cl. The van der Waals surface area contributed by atoms with Crippen LogP contribution in [0.2, 0.25) is 10.0 Å². The fourth-order valence-corrected chi connectivity index (χ4v) is 3.30. The molecule has 0 aliphatic rings. The number of thiazole rings is 1. The number of aromatic nitrogens is 1. The lowest BCUT2D eigenvalue weighted by Gasteiger charge is -2.08. The van der Waals surface area contributed by atoms with E-state index in [1.165, 1.54) is 0 Å². The number of nitrogens with zero attached hydrogens (tertiary/aromatic N) is 1. The van der Waals surface area contributed by atoms with E-state index < -0.39 is 0 Å². The minimum atomic E-state index is -0.0809. The van der Waals surface area contributed by atoms with E-state index in [0.717, 1.165) is 22.6 Å². The fraction of sp³-hybridized carbons (Fsp3) is 0.333. The van der Waals surface area contributed by atoms with E-state index in [-0.39, 0.29) is 17.2 Å². The molecule has 2 aromatic rings. The molecule has 1 N–H and O–H groups in total. The van der Waals surface area contributed by atoms with E-state index in [0.29, 0.717) is 29.6 Å². The summed E-state index contributed by atoms with van der Waals surface area (Å²) >= 11 is 13.1. The Kier molecular flexibility index (Phi) is 6.06. The minimum absolute atomic E-state index is 0.0294. The van der Waals surface area contributed by atoms with Gasteiger partial charge in [-0.1, -0.05) is 40.6 Å². The van der Waals surface area contributed by atoms with Gasteiger partial charge in [-0.3, -0.25) is 9.59 Å². The third-order valence-corrected chi connectivity index (χ3v) is 4.74. The first-order valence-electron chi connectivity index (χ1n) is 6.83. The molecule has 2 rings (SSSR count). The highest BCUT2D eigenvalue weighted by Gasteiger charge is 2.07. The molecule has 7 heteroatoms. The highest BCUT2D eigenvalue weighted by molar-refractivity contribution is 7.07. The number of hydrogen-bond acceptors (Lipinski definition) is 3. The monoisotopic (exact) mass is 358 g/mol. The zero-order chi connectivity index (χ0) is 16.1. The van der Waals surface area contributed by atoms with Crippen molar-refractivity contribution in [3.8, 4) is 0 Å². The van der Waals surface area contributed by atoms with E-state index in [1.54, 1.807) is 22.1 Å². The van der Waals surface area contributed by atoms with Crippen LogP contribution in [0.15, 0.2) is 28.4 Å². The lowest BCUT2D eigenvalue weighted by atomic mass is 10.1. The molecule has 0 aliphatic heterocycles. The van der Waals surface area contributed by atoms with Crippen LogP contribution in [0.1, 0.15) is 17.7 Å². The number of halogens is 2. The summed E-state index contributed by atoms with van der Waals surface area (Å²) in [7, 11) is 0. The maximum atomic E-state index is 11.8. The highest BCUT2D eigenvalue weighted by Crippen LogP contribution is 2.21. The van der Waals surface area contributed by atoms with Gasteiger partial charge in [0.05, 0.1) is 0 Å². The first kappa shape index (κ1) is 17.1. The molecule has 0 atom stereocenters. The molecule has 0 unspecified atom stereocenters. The lowest BCUT2D eigenvalue weighted by molar-refractivity contribution is -0.121. The molecular weight excluding hydrogens is 343 g/mol. The molecule has 4 nitrogen and oxygen atoms in total. The van der Waals surface area contributed by atoms with Gasteiger partial charge in [0.25, 0.3) is 0 Å². The Morgan fingerprint density at radius 1 is 1.36 bits per heavy atom. The van der Waals surface area contributed by atoms with Crippen molar-refractivity contribution in [3.63, 3.8) is 0 Å². The molecule has 1 heterocycles. The van der Waals surface area contributed by atoms with Gasteiger partial charge < -0.3 is 9.88 Å². The van der Waals surface area contributed by atoms with Crippen molar-refractivity contribution >= 4 is 40.4 Å². The molecule has 1 aromatic carbocycles. The number of benzene rings is 1. The van der Waals surface area contributed by atoms with Gasteiger partial charge >= 0.3 is 4.87 Å². The van der Waals surface area contributed by atoms with Crippen LogP contribution in [0.3, 0.4) is 0 Å². The standard InChI is InChI=1S/C15H16Cl2N2O2S/c1-10-9-22-15(21)19(10)7-5-14(20)18-6-4-11-2-3-12(16)8-13(11)17/h2-3,8-9H,4-7H2,1H3,(H,18,20). The molecule has 0 radical (unpaired) electrons. The normalized spacial score (nSPS) is 10.7. The third kappa shape index (κ3) is 4.60. The third-order valence-electron chi connectivity index (χ3n) is 3.27. The number of carbonyl (C=O) groups is 1. The van der Waals surface area contributed by atoms with Gasteiger partial charge in [-0.2, -0.15) is 0 Å². The molecule has 0 fully saturated rings. The average molecular weight is 359 g/mol. The number of rotatable bonds is 6. The Hall–Kier alpha value is -1.30. The van der Waals surface area contributed by atoms with E-state index in [4.69, 9.17) is 23.2 Å². The number of carbonyl (C=O) groups excluding carboxylic acids is 1. The Bertz CT molecular complexity index is 725. The summed E-state index contributed by atoms with van der Waals surface area (Å²) in [6, 6.07) is 5.31. The highest BCUT2D eigenvalue weighted by atomic mass is 35.5. The Morgan fingerprint density at radius 3 is 2.77 bits per heavy atom. The lowest BCUT2D eigenvalue weighted by Crippen LogP contribution is -2.28. The van der Waals surface area contributed by atoms with Crippen LogP contribution < -0.4 is 10.2 Å². The van der Waals surface area contributed by atoms with Gasteiger partial charge in [-0.05, 0) is 31.0 Å². The van der Waals surface area contributed by atoms with Crippen LogP contribution in [-0.2, 0) is 17.8 Å². The Labute approximate surface area is 142 Å². The largest absolute Gasteiger partial charge is 0.356 e. The minimum Gasteiger partial charge on any atom is -0.356 e. The fourth-order valence-electron chi connectivity index (χ4n) is 2.04. The molecule has 22 heavy (non-hydrogen) atoms. The molecule has 118 valence electrons. The first-order valence-corrected chi connectivity index (χ1v) is 8.46. The van der Waals surface area contributed by atoms with Crippen molar-refractivity contribution in [1.29, 1.82) is 0 Å². The second-order valence-corrected chi connectivity index (χ2v) is 6.54. The quantitative estimate of drug-likeness (QED) is 0.861. The summed E-state index contributed by atoms with van der Waals surface area (Å²) in [6.07, 6.45) is 0.922. The smallest absolute Gasteiger partial charge is 0.307 e. The van der Waals surface area contributed by atoms with Crippen LogP contribution in [0, 0.1) is 6.92 Å². The summed E-state index contributed by atoms with van der Waals surface area (Å²) in [5, 5.41) is 5.82. The van der Waals surface area contributed by atoms with Crippen LogP contribution in [0.25, 0.3) is 0 Å². The number of aryl methyl sites for hydroxylation is 1. The van der Waals surface area contributed by atoms with E-state index in [2.05, 4.69) is 5.32 Å². The van der Waals surface area contributed by atoms with Gasteiger partial charge in [0.15, 0.2) is 0 Å². The molecule has 0 saturated heterocycles. The van der Waals surface area contributed by atoms with Crippen molar-refractivity contribution in [3.05, 3.63) is 54.5 Å². The van der Waals surface area contributed by atoms with Crippen molar-refractivity contribution in [2.45, 2.75) is 26.3 Å². The molecule has 1 amide bonds. The Morgan fingerprint density at radius 2 is 2.14 bits per heavy atom. The van der Waals surface area contributed by atoms with Gasteiger partial charge in [0.2, 0.25) is 5.91 Å². The van der Waals surface area contributed by atoms with Crippen molar-refractivity contribution in [2.24, 2.45) is 0 Å². The van der Waals surface area contributed by atoms with E-state index >= 15 is 0 Å². The molecule has 0 bridgehead atoms. The van der Waals surface area contributed by atoms with Gasteiger partial charge in [-0.25, -0.2) is 0 Å². The van der Waals surface area contributed by atoms with Gasteiger partial charge in [-0.15, -0.1) is 0 Å². The summed E-state index contributed by atoms with van der Waals surface area (Å²) < 4.78 is 1.61. The van der Waals surface area contributed by atoms with Crippen LogP contribution in [0.4, 0.5) is 0 Å². The zero-order valence-electron chi connectivity index (χ0n) is 12.1. The molecule has 1 aromatic heterocycles. The van der Waals surface area contributed by atoms with Crippen LogP contribution in [0.5, 0.6) is 0 Å².